The maximum absolute atomic E-state index is 12.9. The standard InChI is InChI=1S/C18H17NO2/c1-10-3-2-4-11(9-10)19-16(20)14-12-5-6-13(15(14)17(19)21)18(12)7-8-18/h2-6,9,12-15H,7-8H2,1H3/t12-,13+,14-,15+. The summed E-state index contributed by atoms with van der Waals surface area (Å²) >= 11 is 0. The highest BCUT2D eigenvalue weighted by molar-refractivity contribution is 6.23. The number of amides is 2. The molecule has 21 heavy (non-hydrogen) atoms. The first-order valence-electron chi connectivity index (χ1n) is 7.76. The summed E-state index contributed by atoms with van der Waals surface area (Å²) in [5.41, 5.74) is 2.09. The molecule has 1 aromatic rings. The van der Waals surface area contributed by atoms with E-state index in [1.807, 2.05) is 31.2 Å². The molecule has 1 saturated heterocycles. The molecule has 5 rings (SSSR count). The summed E-state index contributed by atoms with van der Waals surface area (Å²) in [6.45, 7) is 1.99. The maximum atomic E-state index is 12.9. The third-order valence-electron chi connectivity index (χ3n) is 6.11. The Hall–Kier alpha value is -1.90. The van der Waals surface area contributed by atoms with Gasteiger partial charge in [0.2, 0.25) is 11.8 Å². The van der Waals surface area contributed by atoms with Crippen molar-refractivity contribution < 1.29 is 9.59 Å². The Morgan fingerprint density at radius 3 is 2.19 bits per heavy atom. The van der Waals surface area contributed by atoms with Gasteiger partial charge in [-0.2, -0.15) is 0 Å². The van der Waals surface area contributed by atoms with Gasteiger partial charge in [0.1, 0.15) is 0 Å². The van der Waals surface area contributed by atoms with Crippen LogP contribution >= 0.6 is 0 Å². The molecule has 0 radical (unpaired) electrons. The number of benzene rings is 1. The molecule has 2 saturated carbocycles. The van der Waals surface area contributed by atoms with Gasteiger partial charge in [-0.15, -0.1) is 0 Å². The van der Waals surface area contributed by atoms with Crippen LogP contribution in [-0.4, -0.2) is 11.8 Å². The van der Waals surface area contributed by atoms with Gasteiger partial charge in [0, 0.05) is 0 Å². The zero-order valence-electron chi connectivity index (χ0n) is 12.0. The highest BCUT2D eigenvalue weighted by atomic mass is 16.2. The summed E-state index contributed by atoms with van der Waals surface area (Å²) in [6.07, 6.45) is 6.80. The Kier molecular flexibility index (Phi) is 1.93. The van der Waals surface area contributed by atoms with Gasteiger partial charge >= 0.3 is 0 Å². The van der Waals surface area contributed by atoms with Crippen molar-refractivity contribution in [3.63, 3.8) is 0 Å². The van der Waals surface area contributed by atoms with Gasteiger partial charge < -0.3 is 0 Å². The lowest BCUT2D eigenvalue weighted by Gasteiger charge is -2.21. The van der Waals surface area contributed by atoms with Crippen molar-refractivity contribution in [1.29, 1.82) is 0 Å². The molecular formula is C18H17NO2. The molecule has 3 nitrogen and oxygen atoms in total. The Morgan fingerprint density at radius 2 is 1.67 bits per heavy atom. The molecule has 0 unspecified atom stereocenters. The number of carbonyl (C=O) groups excluding carboxylic acids is 2. The van der Waals surface area contributed by atoms with E-state index in [9.17, 15) is 9.59 Å². The zero-order valence-corrected chi connectivity index (χ0v) is 12.0. The molecule has 3 heteroatoms. The lowest BCUT2D eigenvalue weighted by Crippen LogP contribution is -2.34. The molecule has 0 N–H and O–H groups in total. The normalized spacial score (nSPS) is 37.7. The highest BCUT2D eigenvalue weighted by Crippen LogP contribution is 2.73. The molecule has 1 heterocycles. The average Bonchev–Trinajstić information content (AvgIpc) is 3.05. The Labute approximate surface area is 123 Å². The molecule has 2 amide bonds. The summed E-state index contributed by atoms with van der Waals surface area (Å²) in [6, 6.07) is 7.69. The van der Waals surface area contributed by atoms with Gasteiger partial charge in [-0.05, 0) is 54.7 Å². The van der Waals surface area contributed by atoms with Crippen molar-refractivity contribution in [2.45, 2.75) is 19.8 Å². The summed E-state index contributed by atoms with van der Waals surface area (Å²) < 4.78 is 0. The van der Waals surface area contributed by atoms with Gasteiger partial charge in [-0.3, -0.25) is 14.5 Å². The molecule has 3 fully saturated rings. The Bertz CT molecular complexity index is 682. The number of carbonyl (C=O) groups is 2. The zero-order chi connectivity index (χ0) is 14.4. The SMILES string of the molecule is Cc1cccc(N2C(=O)[C@@H]3[C@H](C2=O)[C@H]2C=C[C@@H]3C23CC3)c1. The number of rotatable bonds is 1. The fourth-order valence-electron chi connectivity index (χ4n) is 5.10. The number of anilines is 1. The molecule has 106 valence electrons. The van der Waals surface area contributed by atoms with Crippen LogP contribution in [-0.2, 0) is 9.59 Å². The van der Waals surface area contributed by atoms with Crippen LogP contribution in [0, 0.1) is 36.0 Å². The Morgan fingerprint density at radius 1 is 1.05 bits per heavy atom. The van der Waals surface area contributed by atoms with Crippen molar-refractivity contribution in [2.24, 2.45) is 29.1 Å². The van der Waals surface area contributed by atoms with Crippen LogP contribution in [0.3, 0.4) is 0 Å². The van der Waals surface area contributed by atoms with Crippen molar-refractivity contribution >= 4 is 17.5 Å². The molecule has 2 bridgehead atoms. The topological polar surface area (TPSA) is 37.4 Å². The van der Waals surface area contributed by atoms with Crippen LogP contribution in [0.2, 0.25) is 0 Å². The quantitative estimate of drug-likeness (QED) is 0.585. The van der Waals surface area contributed by atoms with Crippen LogP contribution in [0.1, 0.15) is 18.4 Å². The van der Waals surface area contributed by atoms with Gasteiger partial charge in [0.15, 0.2) is 0 Å². The number of allylic oxidation sites excluding steroid dienone is 2. The minimum absolute atomic E-state index is 0.0266. The number of fused-ring (bicyclic) bond motifs is 3. The number of imide groups is 1. The van der Waals surface area contributed by atoms with Gasteiger partial charge in [0.25, 0.3) is 0 Å². The molecule has 0 aromatic heterocycles. The third kappa shape index (κ3) is 1.22. The molecule has 4 aliphatic rings. The predicted octanol–water partition coefficient (Wildman–Crippen LogP) is 2.70. The van der Waals surface area contributed by atoms with Crippen molar-refractivity contribution in [1.82, 2.24) is 0 Å². The van der Waals surface area contributed by atoms with E-state index in [4.69, 9.17) is 0 Å². The smallest absolute Gasteiger partial charge is 0.238 e. The largest absolute Gasteiger partial charge is 0.274 e. The number of hydrogen-bond acceptors (Lipinski definition) is 2. The van der Waals surface area contributed by atoms with Crippen LogP contribution < -0.4 is 4.90 Å². The lowest BCUT2D eigenvalue weighted by molar-refractivity contribution is -0.123. The van der Waals surface area contributed by atoms with Gasteiger partial charge in [-0.1, -0.05) is 24.3 Å². The van der Waals surface area contributed by atoms with E-state index in [1.165, 1.54) is 17.7 Å². The van der Waals surface area contributed by atoms with E-state index in [2.05, 4.69) is 12.2 Å². The summed E-state index contributed by atoms with van der Waals surface area (Å²) in [7, 11) is 0. The summed E-state index contributed by atoms with van der Waals surface area (Å²) in [5.74, 6) is 0.459. The van der Waals surface area contributed by atoms with Gasteiger partial charge in [-0.25, -0.2) is 0 Å². The first kappa shape index (κ1) is 11.7. The molecule has 3 aliphatic carbocycles. The second-order valence-electron chi connectivity index (χ2n) is 7.07. The second kappa shape index (κ2) is 3.46. The van der Waals surface area contributed by atoms with E-state index in [0.717, 1.165) is 11.3 Å². The highest BCUT2D eigenvalue weighted by Gasteiger charge is 2.73. The first-order chi connectivity index (χ1) is 10.1. The molecule has 4 atom stereocenters. The molecule has 1 spiro atoms. The molecular weight excluding hydrogens is 262 g/mol. The number of nitrogens with zero attached hydrogens (tertiary/aromatic N) is 1. The molecule has 1 aliphatic heterocycles. The lowest BCUT2D eigenvalue weighted by atomic mass is 9.85. The monoisotopic (exact) mass is 279 g/mol. The minimum Gasteiger partial charge on any atom is -0.274 e. The van der Waals surface area contributed by atoms with Crippen LogP contribution in [0.5, 0.6) is 0 Å². The first-order valence-corrected chi connectivity index (χ1v) is 7.76. The summed E-state index contributed by atoms with van der Waals surface area (Å²) in [4.78, 5) is 27.2. The fraction of sp³-hybridized carbons (Fsp3) is 0.444. The van der Waals surface area contributed by atoms with Crippen molar-refractivity contribution in [2.75, 3.05) is 4.90 Å². The minimum atomic E-state index is -0.101. The van der Waals surface area contributed by atoms with Crippen molar-refractivity contribution in [3.8, 4) is 0 Å². The maximum Gasteiger partial charge on any atom is 0.238 e. The molecule has 1 aromatic carbocycles. The van der Waals surface area contributed by atoms with E-state index in [1.54, 1.807) is 0 Å². The van der Waals surface area contributed by atoms with E-state index >= 15 is 0 Å². The van der Waals surface area contributed by atoms with Crippen molar-refractivity contribution in [3.05, 3.63) is 42.0 Å². The predicted molar refractivity (Wildman–Crippen MR) is 78.4 cm³/mol. The number of aryl methyl sites for hydroxylation is 1. The third-order valence-corrected chi connectivity index (χ3v) is 6.11. The van der Waals surface area contributed by atoms with Crippen LogP contribution in [0.15, 0.2) is 36.4 Å². The van der Waals surface area contributed by atoms with Gasteiger partial charge in [0.05, 0.1) is 17.5 Å². The van der Waals surface area contributed by atoms with E-state index < -0.39 is 0 Å². The Balaban J connectivity index is 1.59. The van der Waals surface area contributed by atoms with E-state index in [0.29, 0.717) is 11.8 Å². The average molecular weight is 279 g/mol. The number of hydrogen-bond donors (Lipinski definition) is 0. The summed E-state index contributed by atoms with van der Waals surface area (Å²) in [5, 5.41) is 0. The van der Waals surface area contributed by atoms with E-state index in [-0.39, 0.29) is 29.1 Å². The van der Waals surface area contributed by atoms with Crippen LogP contribution in [0.25, 0.3) is 0 Å². The van der Waals surface area contributed by atoms with Crippen LogP contribution in [0.4, 0.5) is 5.69 Å². The second-order valence-corrected chi connectivity index (χ2v) is 7.07. The fourth-order valence-corrected chi connectivity index (χ4v) is 5.10.